The van der Waals surface area contributed by atoms with Crippen molar-refractivity contribution in [2.75, 3.05) is 0 Å². The van der Waals surface area contributed by atoms with E-state index in [0.717, 1.165) is 10.4 Å². The van der Waals surface area contributed by atoms with Crippen LogP contribution in [0, 0.1) is 0 Å². The van der Waals surface area contributed by atoms with Crippen LogP contribution in [0.15, 0.2) is 47.8 Å². The number of benzene rings is 1. The van der Waals surface area contributed by atoms with Gasteiger partial charge in [0.2, 0.25) is 0 Å². The number of hydrogen-bond acceptors (Lipinski definition) is 2. The third-order valence-electron chi connectivity index (χ3n) is 2.01. The van der Waals surface area contributed by atoms with Crippen LogP contribution in [-0.4, -0.2) is 16.7 Å². The maximum absolute atomic E-state index is 11.7. The summed E-state index contributed by atoms with van der Waals surface area (Å²) in [5.74, 6) is 0.188. The molecule has 0 radical (unpaired) electrons. The van der Waals surface area contributed by atoms with E-state index in [1.54, 1.807) is 11.3 Å². The van der Waals surface area contributed by atoms with Gasteiger partial charge in [0.1, 0.15) is 0 Å². The highest BCUT2D eigenvalue weighted by molar-refractivity contribution is 7.10. The van der Waals surface area contributed by atoms with Crippen molar-refractivity contribution >= 4 is 17.1 Å². The molecule has 0 saturated heterocycles. The lowest BCUT2D eigenvalue weighted by atomic mass is 10.1. The van der Waals surface area contributed by atoms with E-state index < -0.39 is 0 Å². The molecule has 0 aliphatic heterocycles. The van der Waals surface area contributed by atoms with Gasteiger partial charge in [-0.05, 0) is 11.4 Å². The fraction of sp³-hybridized carbons (Fsp3) is 0.0833. The molecule has 0 amide bonds. The van der Waals surface area contributed by atoms with E-state index in [2.05, 4.69) is 0 Å². The smallest absolute Gasteiger partial charge is 0.168 e. The summed E-state index contributed by atoms with van der Waals surface area (Å²) >= 11 is 1.63. The van der Waals surface area contributed by atoms with Crippen molar-refractivity contribution in [3.8, 4) is 0 Å². The van der Waals surface area contributed by atoms with Crippen LogP contribution in [0.1, 0.15) is 15.2 Å². The van der Waals surface area contributed by atoms with E-state index in [0.29, 0.717) is 6.42 Å². The van der Waals surface area contributed by atoms with Crippen molar-refractivity contribution in [3.05, 3.63) is 58.3 Å². The van der Waals surface area contributed by atoms with Crippen LogP contribution in [0.2, 0.25) is 0 Å². The predicted molar refractivity (Wildman–Crippen MR) is 66.0 cm³/mol. The van der Waals surface area contributed by atoms with Gasteiger partial charge in [-0.2, -0.15) is 0 Å². The zero-order valence-corrected chi connectivity index (χ0v) is 9.46. The van der Waals surface area contributed by atoms with Crippen molar-refractivity contribution in [2.24, 2.45) is 0 Å². The molecule has 0 spiro atoms. The lowest BCUT2D eigenvalue weighted by Crippen LogP contribution is -2.01. The quantitative estimate of drug-likeness (QED) is 0.746. The summed E-state index contributed by atoms with van der Waals surface area (Å²) in [6, 6.07) is 13.4. The normalized spacial score (nSPS) is 8.75. The largest absolute Gasteiger partial charge is 0.412 e. The Kier molecular flexibility index (Phi) is 6.25. The van der Waals surface area contributed by atoms with Crippen LogP contribution in [0.25, 0.3) is 0 Å². The second-order valence-electron chi connectivity index (χ2n) is 3.05. The van der Waals surface area contributed by atoms with E-state index in [9.17, 15) is 4.79 Å². The molecule has 0 atom stereocenters. The number of thiophene rings is 1. The number of ketones is 1. The topological polar surface area (TPSA) is 80.1 Å². The Bertz CT molecular complexity index is 409. The van der Waals surface area contributed by atoms with Gasteiger partial charge in [-0.1, -0.05) is 36.4 Å². The van der Waals surface area contributed by atoms with E-state index >= 15 is 0 Å². The second kappa shape index (κ2) is 6.90. The summed E-state index contributed by atoms with van der Waals surface area (Å²) in [5, 5.41) is 1.99. The van der Waals surface area contributed by atoms with Gasteiger partial charge in [0.05, 0.1) is 0 Å². The summed E-state index contributed by atoms with van der Waals surface area (Å²) in [6.45, 7) is 0. The Morgan fingerprint density at radius 1 is 1.00 bits per heavy atom. The predicted octanol–water partition coefficient (Wildman–Crippen LogP) is 1.52. The SMILES string of the molecule is O.O.O=C(Cc1cccs1)c1ccccc1. The molecule has 1 heterocycles. The molecule has 2 aromatic rings. The van der Waals surface area contributed by atoms with Gasteiger partial charge in [-0.25, -0.2) is 0 Å². The van der Waals surface area contributed by atoms with Gasteiger partial charge in [-0.3, -0.25) is 4.79 Å². The number of Topliss-reactive ketones (excluding diaryl/α,β-unsaturated/α-hetero) is 1. The lowest BCUT2D eigenvalue weighted by molar-refractivity contribution is 0.0994. The summed E-state index contributed by atoms with van der Waals surface area (Å²) < 4.78 is 0. The summed E-state index contributed by atoms with van der Waals surface area (Å²) in [4.78, 5) is 12.8. The Balaban J connectivity index is 0.00000112. The van der Waals surface area contributed by atoms with Gasteiger partial charge in [0.25, 0.3) is 0 Å². The molecular formula is C12H14O3S. The van der Waals surface area contributed by atoms with Crippen LogP contribution in [-0.2, 0) is 6.42 Å². The Morgan fingerprint density at radius 2 is 1.69 bits per heavy atom. The standard InChI is InChI=1S/C12H10OS.2H2O/c13-12(9-11-7-4-8-14-11)10-5-2-1-3-6-10;;/h1-8H,9H2;2*1H2. The first-order valence-electron chi connectivity index (χ1n) is 4.47. The highest BCUT2D eigenvalue weighted by Crippen LogP contribution is 2.12. The minimum Gasteiger partial charge on any atom is -0.412 e. The summed E-state index contributed by atoms with van der Waals surface area (Å²) in [5.41, 5.74) is 0.792. The minimum atomic E-state index is 0. The van der Waals surface area contributed by atoms with E-state index in [1.165, 1.54) is 0 Å². The first-order chi connectivity index (χ1) is 6.86. The monoisotopic (exact) mass is 238 g/mol. The average molecular weight is 238 g/mol. The molecule has 0 unspecified atom stereocenters. The first kappa shape index (κ1) is 14.5. The number of carbonyl (C=O) groups excluding carboxylic acids is 1. The van der Waals surface area contributed by atoms with E-state index in [4.69, 9.17) is 0 Å². The van der Waals surface area contributed by atoms with Crippen LogP contribution >= 0.6 is 11.3 Å². The van der Waals surface area contributed by atoms with E-state index in [1.807, 2.05) is 47.8 Å². The van der Waals surface area contributed by atoms with Crippen LogP contribution in [0.4, 0.5) is 0 Å². The van der Waals surface area contributed by atoms with Crippen LogP contribution in [0.3, 0.4) is 0 Å². The Hall–Kier alpha value is -1.49. The maximum atomic E-state index is 11.7. The molecule has 4 heteroatoms. The van der Waals surface area contributed by atoms with Crippen molar-refractivity contribution in [2.45, 2.75) is 6.42 Å². The highest BCUT2D eigenvalue weighted by Gasteiger charge is 2.06. The van der Waals surface area contributed by atoms with Gasteiger partial charge < -0.3 is 11.0 Å². The molecule has 2 rings (SSSR count). The molecule has 1 aromatic heterocycles. The zero-order valence-electron chi connectivity index (χ0n) is 8.64. The fourth-order valence-electron chi connectivity index (χ4n) is 1.30. The summed E-state index contributed by atoms with van der Waals surface area (Å²) in [6.07, 6.45) is 0.516. The molecular weight excluding hydrogens is 224 g/mol. The zero-order chi connectivity index (χ0) is 9.80. The van der Waals surface area contributed by atoms with Crippen LogP contribution in [0.5, 0.6) is 0 Å². The Labute approximate surface area is 98.0 Å². The Morgan fingerprint density at radius 3 is 2.25 bits per heavy atom. The minimum absolute atomic E-state index is 0. The maximum Gasteiger partial charge on any atom is 0.168 e. The molecule has 0 bridgehead atoms. The highest BCUT2D eigenvalue weighted by atomic mass is 32.1. The van der Waals surface area contributed by atoms with Crippen molar-refractivity contribution < 1.29 is 15.7 Å². The van der Waals surface area contributed by atoms with Gasteiger partial charge >= 0.3 is 0 Å². The van der Waals surface area contributed by atoms with E-state index in [-0.39, 0.29) is 16.7 Å². The van der Waals surface area contributed by atoms with Crippen molar-refractivity contribution in [1.82, 2.24) is 0 Å². The van der Waals surface area contributed by atoms with Gasteiger partial charge in [0, 0.05) is 16.9 Å². The molecule has 0 fully saturated rings. The number of rotatable bonds is 3. The van der Waals surface area contributed by atoms with Gasteiger partial charge in [0.15, 0.2) is 5.78 Å². The lowest BCUT2D eigenvalue weighted by Gasteiger charge is -1.97. The third-order valence-corrected chi connectivity index (χ3v) is 2.89. The van der Waals surface area contributed by atoms with Gasteiger partial charge in [-0.15, -0.1) is 11.3 Å². The summed E-state index contributed by atoms with van der Waals surface area (Å²) in [7, 11) is 0. The molecule has 1 aromatic carbocycles. The molecule has 4 N–H and O–H groups in total. The molecule has 0 saturated carbocycles. The van der Waals surface area contributed by atoms with Crippen LogP contribution < -0.4 is 0 Å². The second-order valence-corrected chi connectivity index (χ2v) is 4.08. The van der Waals surface area contributed by atoms with Crippen molar-refractivity contribution in [1.29, 1.82) is 0 Å². The molecule has 86 valence electrons. The average Bonchev–Trinajstić information content (AvgIpc) is 2.72. The third kappa shape index (κ3) is 3.58. The first-order valence-corrected chi connectivity index (χ1v) is 5.35. The number of hydrogen-bond donors (Lipinski definition) is 0. The molecule has 0 aliphatic carbocycles. The molecule has 3 nitrogen and oxygen atoms in total. The molecule has 16 heavy (non-hydrogen) atoms. The van der Waals surface area contributed by atoms with Crippen molar-refractivity contribution in [3.63, 3.8) is 0 Å². The number of carbonyl (C=O) groups is 1. The fourth-order valence-corrected chi connectivity index (χ4v) is 2.00. The molecule has 0 aliphatic rings.